The molecule has 3 nitrogen and oxygen atoms in total. The molecule has 0 radical (unpaired) electrons. The van der Waals surface area contributed by atoms with Crippen molar-refractivity contribution in [3.8, 4) is 0 Å². The van der Waals surface area contributed by atoms with E-state index in [-0.39, 0.29) is 12.1 Å². The Morgan fingerprint density at radius 2 is 2.40 bits per heavy atom. The number of epoxide rings is 1. The van der Waals surface area contributed by atoms with Crippen molar-refractivity contribution < 1.29 is 14.3 Å². The lowest BCUT2D eigenvalue weighted by Gasteiger charge is -1.98. The summed E-state index contributed by atoms with van der Waals surface area (Å²) >= 11 is 3.37. The summed E-state index contributed by atoms with van der Waals surface area (Å²) in [5.41, 5.74) is 1.00. The number of hydrogen-bond donors (Lipinski definition) is 0. The van der Waals surface area contributed by atoms with Crippen LogP contribution >= 0.6 is 15.9 Å². The molecule has 0 spiro atoms. The molecule has 0 aromatic heterocycles. The van der Waals surface area contributed by atoms with Gasteiger partial charge in [-0.25, -0.2) is 4.79 Å². The first kappa shape index (κ1) is 10.6. The number of carbonyl (C=O) groups is 1. The predicted molar refractivity (Wildman–Crippen MR) is 58.4 cm³/mol. The van der Waals surface area contributed by atoms with E-state index in [4.69, 9.17) is 9.47 Å². The highest BCUT2D eigenvalue weighted by atomic mass is 79.9. The average Bonchev–Trinajstić information content (AvgIpc) is 2.97. The third-order valence-electron chi connectivity index (χ3n) is 2.19. The van der Waals surface area contributed by atoms with Gasteiger partial charge in [0.05, 0.1) is 6.61 Å². The van der Waals surface area contributed by atoms with Crippen molar-refractivity contribution in [3.05, 3.63) is 34.3 Å². The van der Waals surface area contributed by atoms with E-state index in [1.165, 1.54) is 0 Å². The summed E-state index contributed by atoms with van der Waals surface area (Å²) in [6.45, 7) is 2.18. The lowest BCUT2D eigenvalue weighted by Crippen LogP contribution is -2.11. The summed E-state index contributed by atoms with van der Waals surface area (Å²) in [6, 6.07) is 7.74. The van der Waals surface area contributed by atoms with Gasteiger partial charge in [-0.1, -0.05) is 28.1 Å². The highest BCUT2D eigenvalue weighted by Crippen LogP contribution is 2.40. The number of halogens is 1. The summed E-state index contributed by atoms with van der Waals surface area (Å²) in [5, 5.41) is 0. The number of benzene rings is 1. The fourth-order valence-electron chi connectivity index (χ4n) is 1.45. The van der Waals surface area contributed by atoms with Gasteiger partial charge < -0.3 is 9.47 Å². The fourth-order valence-corrected chi connectivity index (χ4v) is 1.87. The Morgan fingerprint density at radius 1 is 1.60 bits per heavy atom. The lowest BCUT2D eigenvalue weighted by atomic mass is 10.1. The van der Waals surface area contributed by atoms with Gasteiger partial charge in [-0.15, -0.1) is 0 Å². The maximum Gasteiger partial charge on any atom is 0.338 e. The molecule has 1 aliphatic heterocycles. The van der Waals surface area contributed by atoms with E-state index in [1.54, 1.807) is 6.92 Å². The molecule has 0 aliphatic carbocycles. The zero-order valence-electron chi connectivity index (χ0n) is 8.27. The minimum atomic E-state index is -0.417. The molecule has 1 aromatic carbocycles. The Bertz CT molecular complexity index is 378. The zero-order valence-corrected chi connectivity index (χ0v) is 9.86. The Morgan fingerprint density at radius 3 is 3.07 bits per heavy atom. The lowest BCUT2D eigenvalue weighted by molar-refractivity contribution is -0.144. The largest absolute Gasteiger partial charge is 0.464 e. The molecule has 2 atom stereocenters. The van der Waals surface area contributed by atoms with Gasteiger partial charge in [0.2, 0.25) is 0 Å². The Balaban J connectivity index is 2.01. The summed E-state index contributed by atoms with van der Waals surface area (Å²) in [7, 11) is 0. The van der Waals surface area contributed by atoms with Gasteiger partial charge in [-0.3, -0.25) is 0 Å². The van der Waals surface area contributed by atoms with Crippen LogP contribution in [0.5, 0.6) is 0 Å². The number of carbonyl (C=O) groups excluding carboxylic acids is 1. The molecule has 1 aromatic rings. The number of rotatable bonds is 3. The second-order valence-corrected chi connectivity index (χ2v) is 4.20. The Labute approximate surface area is 96.5 Å². The maximum atomic E-state index is 11.3. The van der Waals surface area contributed by atoms with E-state index >= 15 is 0 Å². The first-order valence-electron chi connectivity index (χ1n) is 4.80. The molecule has 0 amide bonds. The van der Waals surface area contributed by atoms with Gasteiger partial charge in [0.25, 0.3) is 0 Å². The van der Waals surface area contributed by atoms with E-state index in [9.17, 15) is 4.79 Å². The SMILES string of the molecule is CCOC(=O)[C@@H]1O[C@H]1c1cccc(Br)c1. The maximum absolute atomic E-state index is 11.3. The van der Waals surface area contributed by atoms with E-state index in [1.807, 2.05) is 24.3 Å². The van der Waals surface area contributed by atoms with Crippen molar-refractivity contribution in [3.63, 3.8) is 0 Å². The quantitative estimate of drug-likeness (QED) is 0.626. The third kappa shape index (κ3) is 2.38. The van der Waals surface area contributed by atoms with E-state index in [2.05, 4.69) is 15.9 Å². The molecule has 15 heavy (non-hydrogen) atoms. The molecule has 1 heterocycles. The van der Waals surface area contributed by atoms with Crippen molar-refractivity contribution in [2.75, 3.05) is 6.61 Å². The first-order valence-corrected chi connectivity index (χ1v) is 5.59. The Hall–Kier alpha value is -0.870. The summed E-state index contributed by atoms with van der Waals surface area (Å²) in [6.07, 6.45) is -0.555. The second kappa shape index (κ2) is 4.33. The van der Waals surface area contributed by atoms with Gasteiger partial charge in [0.15, 0.2) is 6.10 Å². The van der Waals surface area contributed by atoms with Crippen molar-refractivity contribution in [1.82, 2.24) is 0 Å². The topological polar surface area (TPSA) is 38.8 Å². The molecule has 1 fully saturated rings. The molecular weight excluding hydrogens is 260 g/mol. The summed E-state index contributed by atoms with van der Waals surface area (Å²) in [5.74, 6) is -0.275. The third-order valence-corrected chi connectivity index (χ3v) is 2.68. The smallest absolute Gasteiger partial charge is 0.338 e. The molecule has 80 valence electrons. The van der Waals surface area contributed by atoms with Crippen LogP contribution in [0.3, 0.4) is 0 Å². The number of esters is 1. The minimum absolute atomic E-state index is 0.137. The Kier molecular flexibility index (Phi) is 3.07. The van der Waals surface area contributed by atoms with Crippen LogP contribution in [0, 0.1) is 0 Å². The normalized spacial score (nSPS) is 23.6. The molecule has 2 rings (SSSR count). The van der Waals surface area contributed by atoms with Crippen LogP contribution in [0.25, 0.3) is 0 Å². The number of hydrogen-bond acceptors (Lipinski definition) is 3. The molecule has 4 heteroatoms. The van der Waals surface area contributed by atoms with E-state index in [0.29, 0.717) is 6.61 Å². The second-order valence-electron chi connectivity index (χ2n) is 3.28. The van der Waals surface area contributed by atoms with Gasteiger partial charge in [0.1, 0.15) is 6.10 Å². The molecule has 1 saturated heterocycles. The molecular formula is C11H11BrO3. The van der Waals surface area contributed by atoms with Crippen LogP contribution in [-0.4, -0.2) is 18.7 Å². The predicted octanol–water partition coefficient (Wildman–Crippen LogP) is 2.45. The highest BCUT2D eigenvalue weighted by Gasteiger charge is 2.47. The van der Waals surface area contributed by atoms with Gasteiger partial charge in [-0.05, 0) is 24.6 Å². The summed E-state index contributed by atoms with van der Waals surface area (Å²) in [4.78, 5) is 11.3. The van der Waals surface area contributed by atoms with Gasteiger partial charge >= 0.3 is 5.97 Å². The molecule has 0 unspecified atom stereocenters. The van der Waals surface area contributed by atoms with E-state index < -0.39 is 6.10 Å². The van der Waals surface area contributed by atoms with Crippen LogP contribution in [0.1, 0.15) is 18.6 Å². The molecule has 0 N–H and O–H groups in total. The standard InChI is InChI=1S/C11H11BrO3/c1-2-14-11(13)10-9(15-10)7-4-3-5-8(12)6-7/h3-6,9-10H,2H2,1H3/t9-,10+/m0/s1. The van der Waals surface area contributed by atoms with Gasteiger partial charge in [0, 0.05) is 4.47 Å². The van der Waals surface area contributed by atoms with Gasteiger partial charge in [-0.2, -0.15) is 0 Å². The fraction of sp³-hybridized carbons (Fsp3) is 0.364. The van der Waals surface area contributed by atoms with Crippen LogP contribution in [0.4, 0.5) is 0 Å². The van der Waals surface area contributed by atoms with E-state index in [0.717, 1.165) is 10.0 Å². The number of ether oxygens (including phenoxy) is 2. The van der Waals surface area contributed by atoms with Crippen molar-refractivity contribution in [1.29, 1.82) is 0 Å². The van der Waals surface area contributed by atoms with Crippen LogP contribution in [0.2, 0.25) is 0 Å². The average molecular weight is 271 g/mol. The van der Waals surface area contributed by atoms with Crippen LogP contribution < -0.4 is 0 Å². The molecule has 0 bridgehead atoms. The first-order chi connectivity index (χ1) is 7.22. The zero-order chi connectivity index (χ0) is 10.8. The van der Waals surface area contributed by atoms with Crippen molar-refractivity contribution >= 4 is 21.9 Å². The summed E-state index contributed by atoms with van der Waals surface area (Å²) < 4.78 is 11.1. The van der Waals surface area contributed by atoms with Crippen LogP contribution in [0.15, 0.2) is 28.7 Å². The molecule has 0 saturated carbocycles. The minimum Gasteiger partial charge on any atom is -0.464 e. The van der Waals surface area contributed by atoms with Crippen molar-refractivity contribution in [2.45, 2.75) is 19.1 Å². The monoisotopic (exact) mass is 270 g/mol. The highest BCUT2D eigenvalue weighted by molar-refractivity contribution is 9.10. The van der Waals surface area contributed by atoms with Crippen LogP contribution in [-0.2, 0) is 14.3 Å². The molecule has 1 aliphatic rings. The van der Waals surface area contributed by atoms with Crippen molar-refractivity contribution in [2.24, 2.45) is 0 Å².